The number of aromatic carboxylic acids is 1. The third kappa shape index (κ3) is 2.27. The fraction of sp³-hybridized carbons (Fsp3) is 0.214. The zero-order valence-corrected chi connectivity index (χ0v) is 11.0. The average molecular weight is 258 g/mol. The highest BCUT2D eigenvalue weighted by atomic mass is 16.4. The van der Waals surface area contributed by atoms with Crippen LogP contribution in [0.15, 0.2) is 40.5 Å². The standard InChI is InChI=1S/C14H14N2O3/c1-8(2)12-9(3)15-16(13(12)17)11-6-4-10(5-7-11)14(18)19/h4-7H,1-3H3,(H,18,19). The van der Waals surface area contributed by atoms with E-state index in [1.165, 1.54) is 17.1 Å². The molecule has 0 aromatic heterocycles. The van der Waals surface area contributed by atoms with E-state index in [1.807, 2.05) is 13.8 Å². The number of anilines is 1. The van der Waals surface area contributed by atoms with Crippen molar-refractivity contribution >= 4 is 23.3 Å². The Morgan fingerprint density at radius 1 is 1.21 bits per heavy atom. The van der Waals surface area contributed by atoms with Crippen molar-refractivity contribution in [1.82, 2.24) is 0 Å². The second-order valence-corrected chi connectivity index (χ2v) is 4.53. The Morgan fingerprint density at radius 2 is 1.79 bits per heavy atom. The number of hydrazone groups is 1. The van der Waals surface area contributed by atoms with Crippen molar-refractivity contribution in [1.29, 1.82) is 0 Å². The van der Waals surface area contributed by atoms with E-state index in [9.17, 15) is 9.59 Å². The van der Waals surface area contributed by atoms with Crippen LogP contribution in [-0.2, 0) is 4.79 Å². The molecule has 1 heterocycles. The van der Waals surface area contributed by atoms with Gasteiger partial charge in [-0.05, 0) is 45.0 Å². The summed E-state index contributed by atoms with van der Waals surface area (Å²) >= 11 is 0. The second-order valence-electron chi connectivity index (χ2n) is 4.53. The molecule has 1 aromatic carbocycles. The van der Waals surface area contributed by atoms with Gasteiger partial charge in [-0.25, -0.2) is 4.79 Å². The van der Waals surface area contributed by atoms with Crippen molar-refractivity contribution < 1.29 is 14.7 Å². The van der Waals surface area contributed by atoms with E-state index in [2.05, 4.69) is 5.10 Å². The predicted molar refractivity (Wildman–Crippen MR) is 72.4 cm³/mol. The Labute approximate surface area is 110 Å². The van der Waals surface area contributed by atoms with E-state index in [4.69, 9.17) is 5.11 Å². The van der Waals surface area contributed by atoms with E-state index in [-0.39, 0.29) is 11.5 Å². The molecule has 1 amide bonds. The zero-order chi connectivity index (χ0) is 14.2. The van der Waals surface area contributed by atoms with Crippen LogP contribution in [0.25, 0.3) is 0 Å². The van der Waals surface area contributed by atoms with Crippen LogP contribution in [0.1, 0.15) is 31.1 Å². The molecule has 98 valence electrons. The number of benzene rings is 1. The molecular weight excluding hydrogens is 244 g/mol. The van der Waals surface area contributed by atoms with Gasteiger partial charge < -0.3 is 5.11 Å². The number of rotatable bonds is 2. The number of carbonyl (C=O) groups excluding carboxylic acids is 1. The molecular formula is C14H14N2O3. The van der Waals surface area contributed by atoms with Gasteiger partial charge in [0.25, 0.3) is 5.91 Å². The lowest BCUT2D eigenvalue weighted by Gasteiger charge is -2.12. The number of hydrogen-bond acceptors (Lipinski definition) is 3. The fourth-order valence-corrected chi connectivity index (χ4v) is 2.00. The van der Waals surface area contributed by atoms with Crippen molar-refractivity contribution in [2.24, 2.45) is 5.10 Å². The van der Waals surface area contributed by atoms with E-state index >= 15 is 0 Å². The maximum atomic E-state index is 12.2. The van der Waals surface area contributed by atoms with Crippen LogP contribution in [0.3, 0.4) is 0 Å². The van der Waals surface area contributed by atoms with E-state index in [1.54, 1.807) is 19.1 Å². The van der Waals surface area contributed by atoms with Gasteiger partial charge in [-0.3, -0.25) is 4.79 Å². The molecule has 1 aliphatic heterocycles. The molecule has 0 unspecified atom stereocenters. The van der Waals surface area contributed by atoms with Gasteiger partial charge in [-0.1, -0.05) is 5.57 Å². The Bertz CT molecular complexity index is 608. The van der Waals surface area contributed by atoms with Gasteiger partial charge in [-0.2, -0.15) is 10.1 Å². The fourth-order valence-electron chi connectivity index (χ4n) is 2.00. The van der Waals surface area contributed by atoms with Gasteiger partial charge in [-0.15, -0.1) is 0 Å². The third-order valence-electron chi connectivity index (χ3n) is 2.88. The van der Waals surface area contributed by atoms with Crippen molar-refractivity contribution in [3.8, 4) is 0 Å². The molecule has 2 rings (SSSR count). The van der Waals surface area contributed by atoms with Gasteiger partial charge in [0.15, 0.2) is 0 Å². The first-order chi connectivity index (χ1) is 8.91. The Hall–Kier alpha value is -2.43. The van der Waals surface area contributed by atoms with Crippen molar-refractivity contribution in [2.75, 3.05) is 5.01 Å². The van der Waals surface area contributed by atoms with Gasteiger partial charge in [0.1, 0.15) is 0 Å². The van der Waals surface area contributed by atoms with Crippen molar-refractivity contribution in [3.63, 3.8) is 0 Å². The summed E-state index contributed by atoms with van der Waals surface area (Å²) < 4.78 is 0. The molecule has 19 heavy (non-hydrogen) atoms. The minimum Gasteiger partial charge on any atom is -0.478 e. The summed E-state index contributed by atoms with van der Waals surface area (Å²) in [6.07, 6.45) is 0. The Balaban J connectivity index is 2.37. The molecule has 1 aromatic rings. The molecule has 1 N–H and O–H groups in total. The normalized spacial score (nSPS) is 14.7. The van der Waals surface area contributed by atoms with Crippen molar-refractivity contribution in [3.05, 3.63) is 41.0 Å². The lowest BCUT2D eigenvalue weighted by atomic mass is 10.1. The molecule has 0 radical (unpaired) electrons. The topological polar surface area (TPSA) is 70.0 Å². The highest BCUT2D eigenvalue weighted by molar-refractivity contribution is 6.30. The SMILES string of the molecule is CC1=NN(c2ccc(C(=O)O)cc2)C(=O)C1=C(C)C. The third-order valence-corrected chi connectivity index (χ3v) is 2.88. The van der Waals surface area contributed by atoms with Crippen molar-refractivity contribution in [2.45, 2.75) is 20.8 Å². The first-order valence-electron chi connectivity index (χ1n) is 5.82. The molecule has 5 nitrogen and oxygen atoms in total. The summed E-state index contributed by atoms with van der Waals surface area (Å²) in [4.78, 5) is 23.0. The maximum absolute atomic E-state index is 12.2. The molecule has 0 saturated heterocycles. The first kappa shape index (κ1) is 13.0. The van der Waals surface area contributed by atoms with Crippen LogP contribution >= 0.6 is 0 Å². The summed E-state index contributed by atoms with van der Waals surface area (Å²) in [5.41, 5.74) is 2.94. The summed E-state index contributed by atoms with van der Waals surface area (Å²) in [6, 6.07) is 6.06. The van der Waals surface area contributed by atoms with E-state index < -0.39 is 5.97 Å². The molecule has 0 atom stereocenters. The van der Waals surface area contributed by atoms with E-state index in [0.29, 0.717) is 17.0 Å². The molecule has 0 saturated carbocycles. The van der Waals surface area contributed by atoms with E-state index in [0.717, 1.165) is 5.57 Å². The smallest absolute Gasteiger partial charge is 0.335 e. The summed E-state index contributed by atoms with van der Waals surface area (Å²) in [6.45, 7) is 5.51. The highest BCUT2D eigenvalue weighted by Crippen LogP contribution is 2.25. The lowest BCUT2D eigenvalue weighted by molar-refractivity contribution is -0.114. The molecule has 0 aliphatic carbocycles. The van der Waals surface area contributed by atoms with Crippen LogP contribution in [0.4, 0.5) is 5.69 Å². The summed E-state index contributed by atoms with van der Waals surface area (Å²) in [7, 11) is 0. The maximum Gasteiger partial charge on any atom is 0.335 e. The number of carbonyl (C=O) groups is 2. The number of carboxylic acid groups (broad SMARTS) is 1. The zero-order valence-electron chi connectivity index (χ0n) is 11.0. The largest absolute Gasteiger partial charge is 0.478 e. The minimum absolute atomic E-state index is 0.179. The average Bonchev–Trinajstić information content (AvgIpc) is 2.65. The second kappa shape index (κ2) is 4.68. The predicted octanol–water partition coefficient (Wildman–Crippen LogP) is 2.44. The Kier molecular flexibility index (Phi) is 3.21. The quantitative estimate of drug-likeness (QED) is 0.828. The lowest BCUT2D eigenvalue weighted by Crippen LogP contribution is -2.21. The number of hydrogen-bond donors (Lipinski definition) is 1. The Morgan fingerprint density at radius 3 is 2.21 bits per heavy atom. The molecule has 0 fully saturated rings. The molecule has 5 heteroatoms. The molecule has 1 aliphatic rings. The van der Waals surface area contributed by atoms with Gasteiger partial charge in [0, 0.05) is 0 Å². The highest BCUT2D eigenvalue weighted by Gasteiger charge is 2.29. The van der Waals surface area contributed by atoms with Crippen LogP contribution in [0.2, 0.25) is 0 Å². The van der Waals surface area contributed by atoms with Gasteiger partial charge in [0.05, 0.1) is 22.5 Å². The number of carboxylic acids is 1. The van der Waals surface area contributed by atoms with Crippen LogP contribution < -0.4 is 5.01 Å². The summed E-state index contributed by atoms with van der Waals surface area (Å²) in [5.74, 6) is -1.18. The number of nitrogens with zero attached hydrogens (tertiary/aromatic N) is 2. The van der Waals surface area contributed by atoms with Gasteiger partial charge >= 0.3 is 5.97 Å². The first-order valence-corrected chi connectivity index (χ1v) is 5.82. The van der Waals surface area contributed by atoms with Gasteiger partial charge in [0.2, 0.25) is 0 Å². The summed E-state index contributed by atoms with van der Waals surface area (Å²) in [5, 5.41) is 14.3. The minimum atomic E-state index is -0.996. The van der Waals surface area contributed by atoms with Crippen LogP contribution in [-0.4, -0.2) is 22.7 Å². The molecule has 0 bridgehead atoms. The number of allylic oxidation sites excluding steroid dienone is 1. The molecule has 0 spiro atoms. The van der Waals surface area contributed by atoms with Crippen LogP contribution in [0, 0.1) is 0 Å². The number of amides is 1. The monoisotopic (exact) mass is 258 g/mol. The van der Waals surface area contributed by atoms with Crippen LogP contribution in [0.5, 0.6) is 0 Å².